The highest BCUT2D eigenvalue weighted by Gasteiger charge is 2.31. The van der Waals surface area contributed by atoms with E-state index in [0.717, 1.165) is 35.4 Å². The molecule has 172 valence electrons. The third kappa shape index (κ3) is 4.92. The number of nitrogens with zero attached hydrogens (tertiary/aromatic N) is 3. The SMILES string of the molecule is CCOC(=O)C1CCCN(C(=O)c2cc(-c3ccc(OC)cc3)nn2-c2cccc(C)c2)C1. The van der Waals surface area contributed by atoms with Gasteiger partial charge in [-0.3, -0.25) is 9.59 Å². The number of hydrogen-bond donors (Lipinski definition) is 0. The topological polar surface area (TPSA) is 73.7 Å². The molecule has 7 heteroatoms. The van der Waals surface area contributed by atoms with Crippen molar-refractivity contribution in [3.05, 3.63) is 65.9 Å². The zero-order chi connectivity index (χ0) is 23.4. The molecule has 1 saturated heterocycles. The lowest BCUT2D eigenvalue weighted by Crippen LogP contribution is -2.43. The molecule has 0 saturated carbocycles. The summed E-state index contributed by atoms with van der Waals surface area (Å²) in [6, 6.07) is 17.3. The van der Waals surface area contributed by atoms with Crippen molar-refractivity contribution in [1.82, 2.24) is 14.7 Å². The molecule has 2 aromatic carbocycles. The number of methoxy groups -OCH3 is 1. The Morgan fingerprint density at radius 3 is 2.61 bits per heavy atom. The first kappa shape index (κ1) is 22.6. The molecule has 1 atom stereocenters. The Morgan fingerprint density at radius 2 is 1.91 bits per heavy atom. The first-order valence-corrected chi connectivity index (χ1v) is 11.3. The number of rotatable bonds is 6. The second kappa shape index (κ2) is 9.90. The van der Waals surface area contributed by atoms with Gasteiger partial charge in [0.15, 0.2) is 0 Å². The zero-order valence-electron chi connectivity index (χ0n) is 19.3. The summed E-state index contributed by atoms with van der Waals surface area (Å²) in [7, 11) is 1.63. The van der Waals surface area contributed by atoms with Crippen molar-refractivity contribution in [2.75, 3.05) is 26.8 Å². The second-order valence-corrected chi connectivity index (χ2v) is 8.24. The third-order valence-electron chi connectivity index (χ3n) is 5.89. The van der Waals surface area contributed by atoms with Gasteiger partial charge in [-0.2, -0.15) is 5.10 Å². The molecular formula is C26H29N3O4. The van der Waals surface area contributed by atoms with E-state index in [4.69, 9.17) is 14.6 Å². The summed E-state index contributed by atoms with van der Waals surface area (Å²) < 4.78 is 12.2. The van der Waals surface area contributed by atoms with Gasteiger partial charge in [-0.25, -0.2) is 4.68 Å². The van der Waals surface area contributed by atoms with Gasteiger partial charge in [-0.05, 0) is 74.7 Å². The molecule has 1 aliphatic rings. The van der Waals surface area contributed by atoms with Crippen molar-refractivity contribution in [2.24, 2.45) is 5.92 Å². The van der Waals surface area contributed by atoms with Crippen LogP contribution in [-0.2, 0) is 9.53 Å². The Labute approximate surface area is 193 Å². The van der Waals surface area contributed by atoms with Gasteiger partial charge in [-0.1, -0.05) is 12.1 Å². The van der Waals surface area contributed by atoms with E-state index in [0.29, 0.717) is 31.1 Å². The Balaban J connectivity index is 1.70. The predicted molar refractivity (Wildman–Crippen MR) is 126 cm³/mol. The zero-order valence-corrected chi connectivity index (χ0v) is 19.3. The lowest BCUT2D eigenvalue weighted by molar-refractivity contribution is -0.149. The number of ether oxygens (including phenoxy) is 2. The number of benzene rings is 2. The Bertz CT molecular complexity index is 1140. The molecule has 1 amide bonds. The molecule has 1 unspecified atom stereocenters. The van der Waals surface area contributed by atoms with Crippen molar-refractivity contribution in [3.63, 3.8) is 0 Å². The lowest BCUT2D eigenvalue weighted by atomic mass is 9.98. The van der Waals surface area contributed by atoms with Crippen LogP contribution in [0.25, 0.3) is 16.9 Å². The number of carbonyl (C=O) groups excluding carboxylic acids is 2. The van der Waals surface area contributed by atoms with Gasteiger partial charge in [0.2, 0.25) is 0 Å². The summed E-state index contributed by atoms with van der Waals surface area (Å²) in [6.07, 6.45) is 1.50. The molecule has 0 aliphatic carbocycles. The molecule has 7 nitrogen and oxygen atoms in total. The standard InChI is InChI=1S/C26H29N3O4/c1-4-33-26(31)20-8-6-14-28(17-20)25(30)24-16-23(19-10-12-22(32-3)13-11-19)27-29(24)21-9-5-7-18(2)15-21/h5,7,9-13,15-16,20H,4,6,8,14,17H2,1-3H3. The van der Waals surface area contributed by atoms with Crippen molar-refractivity contribution in [1.29, 1.82) is 0 Å². The molecule has 0 N–H and O–H groups in total. The van der Waals surface area contributed by atoms with E-state index < -0.39 is 0 Å². The van der Waals surface area contributed by atoms with E-state index >= 15 is 0 Å². The largest absolute Gasteiger partial charge is 0.497 e. The fourth-order valence-corrected chi connectivity index (χ4v) is 4.17. The summed E-state index contributed by atoms with van der Waals surface area (Å²) in [6.45, 7) is 5.10. The van der Waals surface area contributed by atoms with Crippen LogP contribution in [0.4, 0.5) is 0 Å². The van der Waals surface area contributed by atoms with Gasteiger partial charge in [-0.15, -0.1) is 0 Å². The number of carbonyl (C=O) groups is 2. The first-order chi connectivity index (χ1) is 16.0. The highest BCUT2D eigenvalue weighted by molar-refractivity contribution is 5.95. The van der Waals surface area contributed by atoms with Crippen LogP contribution < -0.4 is 4.74 Å². The van der Waals surface area contributed by atoms with Crippen LogP contribution >= 0.6 is 0 Å². The maximum Gasteiger partial charge on any atom is 0.310 e. The average molecular weight is 448 g/mol. The molecule has 4 rings (SSSR count). The van der Waals surface area contributed by atoms with Crippen LogP contribution in [0.15, 0.2) is 54.6 Å². The summed E-state index contributed by atoms with van der Waals surface area (Å²) >= 11 is 0. The summed E-state index contributed by atoms with van der Waals surface area (Å²) in [5.74, 6) is 0.0874. The van der Waals surface area contributed by atoms with Gasteiger partial charge in [0.1, 0.15) is 11.4 Å². The van der Waals surface area contributed by atoms with Crippen LogP contribution in [0.2, 0.25) is 0 Å². The molecule has 33 heavy (non-hydrogen) atoms. The van der Waals surface area contributed by atoms with Crippen molar-refractivity contribution >= 4 is 11.9 Å². The molecule has 2 heterocycles. The van der Waals surface area contributed by atoms with Gasteiger partial charge in [0.05, 0.1) is 31.0 Å². The minimum atomic E-state index is -0.293. The minimum absolute atomic E-state index is 0.141. The van der Waals surface area contributed by atoms with E-state index in [-0.39, 0.29) is 17.8 Å². The highest BCUT2D eigenvalue weighted by Crippen LogP contribution is 2.27. The number of aromatic nitrogens is 2. The summed E-state index contributed by atoms with van der Waals surface area (Å²) in [5, 5.41) is 4.78. The van der Waals surface area contributed by atoms with Crippen LogP contribution in [0.1, 0.15) is 35.8 Å². The lowest BCUT2D eigenvalue weighted by Gasteiger charge is -2.31. The smallest absolute Gasteiger partial charge is 0.310 e. The van der Waals surface area contributed by atoms with Crippen LogP contribution in [-0.4, -0.2) is 53.4 Å². The minimum Gasteiger partial charge on any atom is -0.497 e. The normalized spacial score (nSPS) is 15.8. The van der Waals surface area contributed by atoms with E-state index in [1.54, 1.807) is 23.6 Å². The van der Waals surface area contributed by atoms with Gasteiger partial charge < -0.3 is 14.4 Å². The number of piperidine rings is 1. The monoisotopic (exact) mass is 447 g/mol. The molecule has 1 aliphatic heterocycles. The van der Waals surface area contributed by atoms with Crippen molar-refractivity contribution < 1.29 is 19.1 Å². The van der Waals surface area contributed by atoms with Gasteiger partial charge in [0.25, 0.3) is 5.91 Å². The maximum atomic E-state index is 13.6. The Morgan fingerprint density at radius 1 is 1.12 bits per heavy atom. The highest BCUT2D eigenvalue weighted by atomic mass is 16.5. The quantitative estimate of drug-likeness (QED) is 0.528. The number of amides is 1. The van der Waals surface area contributed by atoms with Crippen LogP contribution in [0, 0.1) is 12.8 Å². The van der Waals surface area contributed by atoms with E-state index in [1.165, 1.54) is 0 Å². The van der Waals surface area contributed by atoms with Gasteiger partial charge in [0, 0.05) is 18.7 Å². The predicted octanol–water partition coefficient (Wildman–Crippen LogP) is 4.27. The number of likely N-dealkylation sites (tertiary alicyclic amines) is 1. The average Bonchev–Trinajstić information content (AvgIpc) is 3.29. The fourth-order valence-electron chi connectivity index (χ4n) is 4.17. The van der Waals surface area contributed by atoms with E-state index in [1.807, 2.05) is 61.5 Å². The summed E-state index contributed by atoms with van der Waals surface area (Å²) in [5.41, 5.74) is 3.95. The number of esters is 1. The Kier molecular flexibility index (Phi) is 6.77. The molecular weight excluding hydrogens is 418 g/mol. The molecule has 1 fully saturated rings. The molecule has 0 bridgehead atoms. The van der Waals surface area contributed by atoms with Gasteiger partial charge >= 0.3 is 5.97 Å². The number of hydrogen-bond acceptors (Lipinski definition) is 5. The van der Waals surface area contributed by atoms with E-state index in [9.17, 15) is 9.59 Å². The van der Waals surface area contributed by atoms with Crippen molar-refractivity contribution in [2.45, 2.75) is 26.7 Å². The van der Waals surface area contributed by atoms with Crippen molar-refractivity contribution in [3.8, 4) is 22.7 Å². The first-order valence-electron chi connectivity index (χ1n) is 11.3. The second-order valence-electron chi connectivity index (χ2n) is 8.24. The summed E-state index contributed by atoms with van der Waals surface area (Å²) in [4.78, 5) is 27.7. The molecule has 3 aromatic rings. The molecule has 1 aromatic heterocycles. The van der Waals surface area contributed by atoms with E-state index in [2.05, 4.69) is 0 Å². The molecule has 0 spiro atoms. The third-order valence-corrected chi connectivity index (χ3v) is 5.89. The van der Waals surface area contributed by atoms with Crippen LogP contribution in [0.3, 0.4) is 0 Å². The Hall–Kier alpha value is -3.61. The fraction of sp³-hybridized carbons (Fsp3) is 0.346. The van der Waals surface area contributed by atoms with Crippen LogP contribution in [0.5, 0.6) is 5.75 Å². The number of aryl methyl sites for hydroxylation is 1. The maximum absolute atomic E-state index is 13.6. The molecule has 0 radical (unpaired) electrons.